The first-order valence-corrected chi connectivity index (χ1v) is 6.30. The van der Waals surface area contributed by atoms with Gasteiger partial charge in [0, 0.05) is 6.04 Å². The molecule has 0 radical (unpaired) electrons. The largest absolute Gasteiger partial charge is 0.310 e. The quantitative estimate of drug-likeness (QED) is 0.748. The van der Waals surface area contributed by atoms with Crippen molar-refractivity contribution >= 4 is 11.3 Å². The third-order valence-corrected chi connectivity index (χ3v) is 3.39. The van der Waals surface area contributed by atoms with E-state index in [4.69, 9.17) is 0 Å². The molecular formula is C12H17NS. The van der Waals surface area contributed by atoms with E-state index < -0.39 is 0 Å². The van der Waals surface area contributed by atoms with Crippen LogP contribution in [-0.4, -0.2) is 12.6 Å². The Labute approximate surface area is 89.8 Å². The van der Waals surface area contributed by atoms with Gasteiger partial charge in [-0.15, -0.1) is 0 Å². The van der Waals surface area contributed by atoms with Gasteiger partial charge in [-0.2, -0.15) is 11.3 Å². The highest BCUT2D eigenvalue weighted by molar-refractivity contribution is 7.07. The van der Waals surface area contributed by atoms with Crippen molar-refractivity contribution in [1.82, 2.24) is 5.32 Å². The molecule has 1 N–H and O–H groups in total. The maximum Gasteiger partial charge on any atom is 0.0250 e. The van der Waals surface area contributed by atoms with E-state index in [9.17, 15) is 0 Å². The van der Waals surface area contributed by atoms with Crippen LogP contribution in [0.15, 0.2) is 29.0 Å². The third-order valence-electron chi connectivity index (χ3n) is 2.65. The van der Waals surface area contributed by atoms with Gasteiger partial charge >= 0.3 is 0 Å². The Bertz CT molecular complexity index is 277. The summed E-state index contributed by atoms with van der Waals surface area (Å²) in [5, 5.41) is 7.96. The number of allylic oxidation sites excluding steroid dienone is 1. The second-order valence-corrected chi connectivity index (χ2v) is 4.58. The van der Waals surface area contributed by atoms with Crippen LogP contribution < -0.4 is 5.32 Å². The normalized spacial score (nSPS) is 21.3. The number of thiophene rings is 1. The van der Waals surface area contributed by atoms with E-state index in [1.165, 1.54) is 24.8 Å². The van der Waals surface area contributed by atoms with Crippen LogP contribution in [0.3, 0.4) is 0 Å². The second kappa shape index (κ2) is 5.32. The predicted molar refractivity (Wildman–Crippen MR) is 62.8 cm³/mol. The fourth-order valence-electron chi connectivity index (χ4n) is 1.82. The minimum Gasteiger partial charge on any atom is -0.310 e. The van der Waals surface area contributed by atoms with E-state index in [1.54, 1.807) is 11.3 Å². The van der Waals surface area contributed by atoms with Crippen LogP contribution in [0.25, 0.3) is 0 Å². The predicted octanol–water partition coefficient (Wildman–Crippen LogP) is 2.99. The van der Waals surface area contributed by atoms with Crippen molar-refractivity contribution in [1.29, 1.82) is 0 Å². The summed E-state index contributed by atoms with van der Waals surface area (Å²) in [6.07, 6.45) is 9.69. The summed E-state index contributed by atoms with van der Waals surface area (Å²) in [5.41, 5.74) is 1.46. The zero-order valence-electron chi connectivity index (χ0n) is 8.41. The molecular weight excluding hydrogens is 190 g/mol. The van der Waals surface area contributed by atoms with Gasteiger partial charge in [-0.25, -0.2) is 0 Å². The molecule has 1 heterocycles. The molecule has 1 aromatic rings. The molecule has 1 unspecified atom stereocenters. The lowest BCUT2D eigenvalue weighted by molar-refractivity contribution is 0.525. The van der Waals surface area contributed by atoms with Crippen molar-refractivity contribution in [3.05, 3.63) is 34.5 Å². The first-order chi connectivity index (χ1) is 6.95. The Morgan fingerprint density at radius 1 is 1.50 bits per heavy atom. The van der Waals surface area contributed by atoms with Crippen molar-refractivity contribution in [2.24, 2.45) is 0 Å². The molecule has 2 heteroatoms. The fourth-order valence-corrected chi connectivity index (χ4v) is 2.52. The van der Waals surface area contributed by atoms with E-state index in [-0.39, 0.29) is 0 Å². The summed E-state index contributed by atoms with van der Waals surface area (Å²) in [6, 6.07) is 2.84. The molecule has 0 aliphatic heterocycles. The third kappa shape index (κ3) is 2.96. The van der Waals surface area contributed by atoms with Crippen molar-refractivity contribution in [2.45, 2.75) is 31.7 Å². The van der Waals surface area contributed by atoms with Crippen LogP contribution in [0, 0.1) is 0 Å². The summed E-state index contributed by atoms with van der Waals surface area (Å²) >= 11 is 1.78. The maximum absolute atomic E-state index is 3.58. The number of rotatable bonds is 4. The smallest absolute Gasteiger partial charge is 0.0250 e. The van der Waals surface area contributed by atoms with Crippen molar-refractivity contribution in [3.8, 4) is 0 Å². The molecule has 1 nitrogen and oxygen atoms in total. The first kappa shape index (κ1) is 9.94. The summed E-state index contributed by atoms with van der Waals surface area (Å²) in [6.45, 7) is 1.10. The standard InChI is InChI=1S/C12H17NS/c1-2-4-12(5-3-1)13-8-6-11-7-9-14-10-11/h2,4,7,9-10,12-13H,1,3,5-6,8H2. The lowest BCUT2D eigenvalue weighted by Gasteiger charge is -2.17. The second-order valence-electron chi connectivity index (χ2n) is 3.80. The first-order valence-electron chi connectivity index (χ1n) is 5.36. The minimum atomic E-state index is 0.627. The zero-order valence-corrected chi connectivity index (χ0v) is 9.22. The Morgan fingerprint density at radius 3 is 3.21 bits per heavy atom. The lowest BCUT2D eigenvalue weighted by atomic mass is 10.0. The van der Waals surface area contributed by atoms with Gasteiger partial charge in [-0.1, -0.05) is 12.2 Å². The molecule has 0 aromatic carbocycles. The average molecular weight is 207 g/mol. The van der Waals surface area contributed by atoms with E-state index in [0.717, 1.165) is 13.0 Å². The number of nitrogens with one attached hydrogen (secondary N) is 1. The molecule has 2 rings (SSSR count). The minimum absolute atomic E-state index is 0.627. The molecule has 1 atom stereocenters. The summed E-state index contributed by atoms with van der Waals surface area (Å²) in [7, 11) is 0. The molecule has 0 saturated heterocycles. The van der Waals surface area contributed by atoms with Gasteiger partial charge in [0.2, 0.25) is 0 Å². The van der Waals surface area contributed by atoms with Gasteiger partial charge in [0.1, 0.15) is 0 Å². The molecule has 0 bridgehead atoms. The molecule has 0 fully saturated rings. The highest BCUT2D eigenvalue weighted by Gasteiger charge is 2.06. The SMILES string of the molecule is C1=CC(NCCc2ccsc2)CCC1. The molecule has 0 spiro atoms. The van der Waals surface area contributed by atoms with Gasteiger partial charge in [-0.3, -0.25) is 0 Å². The number of hydrogen-bond acceptors (Lipinski definition) is 2. The lowest BCUT2D eigenvalue weighted by Crippen LogP contribution is -2.30. The Kier molecular flexibility index (Phi) is 3.78. The molecule has 76 valence electrons. The zero-order chi connectivity index (χ0) is 9.64. The number of hydrogen-bond donors (Lipinski definition) is 1. The van der Waals surface area contributed by atoms with Gasteiger partial charge in [-0.05, 0) is 54.6 Å². The Balaban J connectivity index is 1.67. The molecule has 0 amide bonds. The molecule has 14 heavy (non-hydrogen) atoms. The Morgan fingerprint density at radius 2 is 2.50 bits per heavy atom. The van der Waals surface area contributed by atoms with E-state index in [2.05, 4.69) is 34.3 Å². The Hall–Kier alpha value is -0.600. The van der Waals surface area contributed by atoms with Crippen LogP contribution in [-0.2, 0) is 6.42 Å². The van der Waals surface area contributed by atoms with Crippen molar-refractivity contribution in [3.63, 3.8) is 0 Å². The van der Waals surface area contributed by atoms with Gasteiger partial charge in [0.15, 0.2) is 0 Å². The monoisotopic (exact) mass is 207 g/mol. The van der Waals surface area contributed by atoms with Crippen molar-refractivity contribution < 1.29 is 0 Å². The van der Waals surface area contributed by atoms with Crippen LogP contribution in [0.5, 0.6) is 0 Å². The maximum atomic E-state index is 3.58. The molecule has 1 aromatic heterocycles. The van der Waals surface area contributed by atoms with Crippen LogP contribution in [0.1, 0.15) is 24.8 Å². The summed E-state index contributed by atoms with van der Waals surface area (Å²) in [5.74, 6) is 0. The van der Waals surface area contributed by atoms with Gasteiger partial charge < -0.3 is 5.32 Å². The molecule has 1 aliphatic carbocycles. The highest BCUT2D eigenvalue weighted by atomic mass is 32.1. The van der Waals surface area contributed by atoms with Crippen LogP contribution in [0.2, 0.25) is 0 Å². The van der Waals surface area contributed by atoms with Crippen molar-refractivity contribution in [2.75, 3.05) is 6.54 Å². The summed E-state index contributed by atoms with van der Waals surface area (Å²) in [4.78, 5) is 0. The van der Waals surface area contributed by atoms with Crippen LogP contribution in [0.4, 0.5) is 0 Å². The molecule has 1 aliphatic rings. The van der Waals surface area contributed by atoms with E-state index >= 15 is 0 Å². The van der Waals surface area contributed by atoms with E-state index in [0.29, 0.717) is 6.04 Å². The summed E-state index contributed by atoms with van der Waals surface area (Å²) < 4.78 is 0. The molecule has 0 saturated carbocycles. The van der Waals surface area contributed by atoms with E-state index in [1.807, 2.05) is 0 Å². The van der Waals surface area contributed by atoms with Gasteiger partial charge in [0.05, 0.1) is 0 Å². The van der Waals surface area contributed by atoms with Gasteiger partial charge in [0.25, 0.3) is 0 Å². The fraction of sp³-hybridized carbons (Fsp3) is 0.500. The van der Waals surface area contributed by atoms with Crippen LogP contribution >= 0.6 is 11.3 Å². The topological polar surface area (TPSA) is 12.0 Å². The highest BCUT2D eigenvalue weighted by Crippen LogP contribution is 2.10. The average Bonchev–Trinajstić information content (AvgIpc) is 2.72.